The summed E-state index contributed by atoms with van der Waals surface area (Å²) >= 11 is 0. The van der Waals surface area contributed by atoms with Gasteiger partial charge in [0.25, 0.3) is 0 Å². The Hall–Kier alpha value is -1.13. The summed E-state index contributed by atoms with van der Waals surface area (Å²) in [6.45, 7) is 3.76. The SMILES string of the molecule is CCC(C#N)(CC)C(=O)NCCCS(N)(=O)=O. The fraction of sp³-hybridized carbons (Fsp3) is 0.800. The van der Waals surface area contributed by atoms with E-state index in [0.717, 1.165) is 0 Å². The molecule has 0 fully saturated rings. The maximum atomic E-state index is 11.8. The Kier molecular flexibility index (Phi) is 6.13. The van der Waals surface area contributed by atoms with E-state index in [1.165, 1.54) is 0 Å². The molecule has 1 amide bonds. The second-order valence-electron chi connectivity index (χ2n) is 3.88. The van der Waals surface area contributed by atoms with Crippen LogP contribution < -0.4 is 10.5 Å². The Morgan fingerprint density at radius 1 is 1.41 bits per heavy atom. The summed E-state index contributed by atoms with van der Waals surface area (Å²) in [5.74, 6) is -0.523. The van der Waals surface area contributed by atoms with Gasteiger partial charge in [-0.15, -0.1) is 0 Å². The van der Waals surface area contributed by atoms with Crippen molar-refractivity contribution in [2.75, 3.05) is 12.3 Å². The van der Waals surface area contributed by atoms with Crippen molar-refractivity contribution < 1.29 is 13.2 Å². The van der Waals surface area contributed by atoms with E-state index in [1.807, 2.05) is 6.07 Å². The van der Waals surface area contributed by atoms with E-state index in [-0.39, 0.29) is 24.6 Å². The molecule has 0 aromatic heterocycles. The molecule has 0 aliphatic heterocycles. The first-order valence-corrected chi connectivity index (χ1v) is 7.23. The largest absolute Gasteiger partial charge is 0.355 e. The van der Waals surface area contributed by atoms with E-state index >= 15 is 0 Å². The zero-order valence-electron chi connectivity index (χ0n) is 10.2. The third-order valence-corrected chi connectivity index (χ3v) is 3.60. The molecule has 0 aliphatic carbocycles. The molecule has 0 unspecified atom stereocenters. The van der Waals surface area contributed by atoms with E-state index < -0.39 is 15.4 Å². The molecule has 7 heteroatoms. The summed E-state index contributed by atoms with van der Waals surface area (Å²) in [6, 6.07) is 2.02. The highest BCUT2D eigenvalue weighted by Gasteiger charge is 2.34. The zero-order valence-corrected chi connectivity index (χ0v) is 11.0. The van der Waals surface area contributed by atoms with Crippen molar-refractivity contribution in [3.8, 4) is 6.07 Å². The molecule has 0 saturated heterocycles. The van der Waals surface area contributed by atoms with E-state index in [1.54, 1.807) is 13.8 Å². The number of hydrogen-bond donors (Lipinski definition) is 2. The summed E-state index contributed by atoms with van der Waals surface area (Å²) in [7, 11) is -3.49. The van der Waals surface area contributed by atoms with Crippen molar-refractivity contribution >= 4 is 15.9 Å². The number of carbonyl (C=O) groups is 1. The van der Waals surface area contributed by atoms with E-state index in [9.17, 15) is 13.2 Å². The minimum Gasteiger partial charge on any atom is -0.355 e. The predicted octanol–water partition coefficient (Wildman–Crippen LogP) is 0.111. The van der Waals surface area contributed by atoms with Crippen LogP contribution in [0.5, 0.6) is 0 Å². The van der Waals surface area contributed by atoms with Crippen molar-refractivity contribution in [2.45, 2.75) is 33.1 Å². The first-order chi connectivity index (χ1) is 7.81. The van der Waals surface area contributed by atoms with Crippen LogP contribution in [0.3, 0.4) is 0 Å². The molecule has 0 spiro atoms. The molecular weight excluding hydrogens is 242 g/mol. The second kappa shape index (κ2) is 6.57. The minimum atomic E-state index is -3.49. The highest BCUT2D eigenvalue weighted by atomic mass is 32.2. The Morgan fingerprint density at radius 2 is 1.94 bits per heavy atom. The van der Waals surface area contributed by atoms with Crippen molar-refractivity contribution in [3.63, 3.8) is 0 Å². The molecular formula is C10H19N3O3S. The van der Waals surface area contributed by atoms with Gasteiger partial charge in [-0.2, -0.15) is 5.26 Å². The van der Waals surface area contributed by atoms with Gasteiger partial charge < -0.3 is 5.32 Å². The number of hydrogen-bond acceptors (Lipinski definition) is 4. The lowest BCUT2D eigenvalue weighted by Crippen LogP contribution is -2.40. The lowest BCUT2D eigenvalue weighted by Gasteiger charge is -2.21. The van der Waals surface area contributed by atoms with Gasteiger partial charge in [0.05, 0.1) is 11.8 Å². The molecule has 0 radical (unpaired) electrons. The molecule has 0 aliphatic rings. The highest BCUT2D eigenvalue weighted by molar-refractivity contribution is 7.89. The molecule has 0 aromatic carbocycles. The van der Waals surface area contributed by atoms with Crippen LogP contribution in [0, 0.1) is 16.7 Å². The van der Waals surface area contributed by atoms with Gasteiger partial charge in [-0.05, 0) is 19.3 Å². The normalized spacial score (nSPS) is 11.9. The monoisotopic (exact) mass is 261 g/mol. The maximum absolute atomic E-state index is 11.8. The van der Waals surface area contributed by atoms with Crippen LogP contribution >= 0.6 is 0 Å². The van der Waals surface area contributed by atoms with Crippen molar-refractivity contribution in [2.24, 2.45) is 10.6 Å². The highest BCUT2D eigenvalue weighted by Crippen LogP contribution is 2.25. The summed E-state index contributed by atoms with van der Waals surface area (Å²) in [5.41, 5.74) is -1.01. The lowest BCUT2D eigenvalue weighted by atomic mass is 9.83. The number of nitriles is 1. The van der Waals surface area contributed by atoms with Crippen LogP contribution in [-0.4, -0.2) is 26.6 Å². The van der Waals surface area contributed by atoms with Gasteiger partial charge in [0.15, 0.2) is 0 Å². The molecule has 17 heavy (non-hydrogen) atoms. The molecule has 3 N–H and O–H groups in total. The van der Waals surface area contributed by atoms with Crippen molar-refractivity contribution in [1.29, 1.82) is 5.26 Å². The summed E-state index contributed by atoms with van der Waals surface area (Å²) in [4.78, 5) is 11.8. The molecule has 98 valence electrons. The van der Waals surface area contributed by atoms with Crippen LogP contribution in [0.15, 0.2) is 0 Å². The average Bonchev–Trinajstić information content (AvgIpc) is 2.26. The molecule has 0 atom stereocenters. The maximum Gasteiger partial charge on any atom is 0.240 e. The molecule has 0 bridgehead atoms. The fourth-order valence-electron chi connectivity index (χ4n) is 1.42. The first-order valence-electron chi connectivity index (χ1n) is 5.51. The third-order valence-electron chi connectivity index (χ3n) is 2.75. The molecule has 0 saturated carbocycles. The summed E-state index contributed by atoms with van der Waals surface area (Å²) < 4.78 is 21.3. The van der Waals surface area contributed by atoms with Crippen LogP contribution in [0.1, 0.15) is 33.1 Å². The van der Waals surface area contributed by atoms with Gasteiger partial charge in [-0.25, -0.2) is 13.6 Å². The topological polar surface area (TPSA) is 113 Å². The Labute approximate surface area is 102 Å². The van der Waals surface area contributed by atoms with Gasteiger partial charge in [0.1, 0.15) is 5.41 Å². The second-order valence-corrected chi connectivity index (χ2v) is 5.61. The zero-order chi connectivity index (χ0) is 13.5. The Morgan fingerprint density at radius 3 is 2.29 bits per heavy atom. The Bertz CT molecular complexity index is 394. The molecule has 0 aromatic rings. The van der Waals surface area contributed by atoms with E-state index in [4.69, 9.17) is 10.4 Å². The standard InChI is InChI=1S/C10H19N3O3S/c1-3-10(4-2,8-11)9(14)13-6-5-7-17(12,15)16/h3-7H2,1-2H3,(H,13,14)(H2,12,15,16). The van der Waals surface area contributed by atoms with E-state index in [2.05, 4.69) is 5.32 Å². The van der Waals surface area contributed by atoms with Gasteiger partial charge in [-0.3, -0.25) is 4.79 Å². The van der Waals surface area contributed by atoms with Gasteiger partial charge in [0.2, 0.25) is 15.9 Å². The van der Waals surface area contributed by atoms with Crippen molar-refractivity contribution in [3.05, 3.63) is 0 Å². The third kappa shape index (κ3) is 5.15. The Balaban J connectivity index is 4.23. The van der Waals surface area contributed by atoms with Crippen LogP contribution in [0.4, 0.5) is 0 Å². The molecule has 0 heterocycles. The minimum absolute atomic E-state index is 0.176. The summed E-state index contributed by atoms with van der Waals surface area (Å²) in [5, 5.41) is 16.4. The van der Waals surface area contributed by atoms with Crippen molar-refractivity contribution in [1.82, 2.24) is 5.32 Å². The number of primary sulfonamides is 1. The number of nitrogens with two attached hydrogens (primary N) is 1. The summed E-state index contributed by atoms with van der Waals surface area (Å²) in [6.07, 6.45) is 1.11. The number of amides is 1. The van der Waals surface area contributed by atoms with Crippen LogP contribution in [0.2, 0.25) is 0 Å². The van der Waals surface area contributed by atoms with Crippen LogP contribution in [0.25, 0.3) is 0 Å². The smallest absolute Gasteiger partial charge is 0.240 e. The lowest BCUT2D eigenvalue weighted by molar-refractivity contribution is -0.128. The average molecular weight is 261 g/mol. The fourth-order valence-corrected chi connectivity index (χ4v) is 1.97. The number of rotatable bonds is 7. The number of nitrogens with zero attached hydrogens (tertiary/aromatic N) is 1. The van der Waals surface area contributed by atoms with Gasteiger partial charge in [-0.1, -0.05) is 13.8 Å². The van der Waals surface area contributed by atoms with E-state index in [0.29, 0.717) is 12.8 Å². The predicted molar refractivity (Wildman–Crippen MR) is 64.2 cm³/mol. The van der Waals surface area contributed by atoms with Crippen LogP contribution in [-0.2, 0) is 14.8 Å². The van der Waals surface area contributed by atoms with Gasteiger partial charge >= 0.3 is 0 Å². The number of nitrogens with one attached hydrogen (secondary N) is 1. The first kappa shape index (κ1) is 15.9. The molecule has 0 rings (SSSR count). The number of sulfonamides is 1. The van der Waals surface area contributed by atoms with Gasteiger partial charge in [0, 0.05) is 6.54 Å². The molecule has 6 nitrogen and oxygen atoms in total. The quantitative estimate of drug-likeness (QED) is 0.633. The number of carbonyl (C=O) groups excluding carboxylic acids is 1.